The molecular formula is C23H24ClN5OS. The van der Waals surface area contributed by atoms with Crippen molar-refractivity contribution in [2.75, 3.05) is 0 Å². The average molecular weight is 454 g/mol. The van der Waals surface area contributed by atoms with Crippen molar-refractivity contribution in [2.24, 2.45) is 0 Å². The SMILES string of the molecule is Cc1ccc(C)c(-n2c(SCc3nnc(C(C)(C)C)o3)nnc2-c2ccccc2Cl)c1. The van der Waals surface area contributed by atoms with Crippen LogP contribution < -0.4 is 0 Å². The Hall–Kier alpha value is -2.64. The third kappa shape index (κ3) is 4.52. The van der Waals surface area contributed by atoms with Gasteiger partial charge in [-0.1, -0.05) is 68.4 Å². The second kappa shape index (κ2) is 8.48. The normalized spacial score (nSPS) is 11.8. The lowest BCUT2D eigenvalue weighted by molar-refractivity contribution is 0.378. The maximum Gasteiger partial charge on any atom is 0.226 e. The smallest absolute Gasteiger partial charge is 0.226 e. The average Bonchev–Trinajstić information content (AvgIpc) is 3.35. The molecule has 6 nitrogen and oxygen atoms in total. The van der Waals surface area contributed by atoms with E-state index in [4.69, 9.17) is 16.0 Å². The summed E-state index contributed by atoms with van der Waals surface area (Å²) in [5, 5.41) is 18.7. The topological polar surface area (TPSA) is 69.6 Å². The van der Waals surface area contributed by atoms with E-state index in [0.29, 0.717) is 28.4 Å². The number of hydrogen-bond donors (Lipinski definition) is 0. The van der Waals surface area contributed by atoms with Crippen molar-refractivity contribution in [3.8, 4) is 17.1 Å². The Labute approximate surface area is 191 Å². The van der Waals surface area contributed by atoms with Crippen molar-refractivity contribution < 1.29 is 4.42 Å². The minimum atomic E-state index is -0.189. The van der Waals surface area contributed by atoms with Crippen molar-refractivity contribution in [3.63, 3.8) is 0 Å². The first-order chi connectivity index (χ1) is 14.7. The van der Waals surface area contributed by atoms with Gasteiger partial charge >= 0.3 is 0 Å². The largest absolute Gasteiger partial charge is 0.424 e. The predicted octanol–water partition coefficient (Wildman–Crippen LogP) is 6.18. The summed E-state index contributed by atoms with van der Waals surface area (Å²) in [5.41, 5.74) is 3.93. The molecule has 31 heavy (non-hydrogen) atoms. The Balaban J connectivity index is 1.75. The molecule has 0 aliphatic heterocycles. The number of thioether (sulfide) groups is 1. The Kier molecular flexibility index (Phi) is 5.90. The molecule has 0 radical (unpaired) electrons. The summed E-state index contributed by atoms with van der Waals surface area (Å²) in [6.45, 7) is 10.3. The summed E-state index contributed by atoms with van der Waals surface area (Å²) in [7, 11) is 0. The summed E-state index contributed by atoms with van der Waals surface area (Å²) in [6, 6.07) is 14.0. The quantitative estimate of drug-likeness (QED) is 0.336. The first-order valence-electron chi connectivity index (χ1n) is 9.97. The maximum atomic E-state index is 6.50. The molecule has 0 fully saturated rings. The minimum absolute atomic E-state index is 0.189. The molecule has 4 rings (SSSR count). The number of aryl methyl sites for hydroxylation is 2. The summed E-state index contributed by atoms with van der Waals surface area (Å²) >= 11 is 8.00. The van der Waals surface area contributed by atoms with Gasteiger partial charge in [-0.15, -0.1) is 20.4 Å². The van der Waals surface area contributed by atoms with Crippen LogP contribution >= 0.6 is 23.4 Å². The molecule has 0 N–H and O–H groups in total. The Morgan fingerprint density at radius 2 is 1.77 bits per heavy atom. The summed E-state index contributed by atoms with van der Waals surface area (Å²) in [4.78, 5) is 0. The van der Waals surface area contributed by atoms with E-state index in [0.717, 1.165) is 27.5 Å². The summed E-state index contributed by atoms with van der Waals surface area (Å²) in [6.07, 6.45) is 0. The Morgan fingerprint density at radius 1 is 1.00 bits per heavy atom. The first-order valence-corrected chi connectivity index (χ1v) is 11.3. The van der Waals surface area contributed by atoms with E-state index in [1.165, 1.54) is 11.8 Å². The van der Waals surface area contributed by atoms with E-state index in [-0.39, 0.29) is 5.41 Å². The minimum Gasteiger partial charge on any atom is -0.424 e. The monoisotopic (exact) mass is 453 g/mol. The fraction of sp³-hybridized carbons (Fsp3) is 0.304. The maximum absolute atomic E-state index is 6.50. The number of hydrogen-bond acceptors (Lipinski definition) is 6. The van der Waals surface area contributed by atoms with E-state index in [2.05, 4.69) is 57.0 Å². The van der Waals surface area contributed by atoms with Crippen molar-refractivity contribution in [1.82, 2.24) is 25.0 Å². The van der Waals surface area contributed by atoms with Crippen molar-refractivity contribution >= 4 is 23.4 Å². The molecule has 0 atom stereocenters. The highest BCUT2D eigenvalue weighted by Crippen LogP contribution is 2.34. The third-order valence-corrected chi connectivity index (χ3v) is 6.03. The highest BCUT2D eigenvalue weighted by Gasteiger charge is 2.23. The predicted molar refractivity (Wildman–Crippen MR) is 124 cm³/mol. The van der Waals surface area contributed by atoms with Crippen LogP contribution in [0.25, 0.3) is 17.1 Å². The van der Waals surface area contributed by atoms with Crippen LogP contribution in [0.4, 0.5) is 0 Å². The molecule has 2 aromatic carbocycles. The molecule has 0 saturated heterocycles. The van der Waals surface area contributed by atoms with Gasteiger partial charge in [-0.2, -0.15) is 0 Å². The zero-order valence-corrected chi connectivity index (χ0v) is 19.8. The lowest BCUT2D eigenvalue weighted by Crippen LogP contribution is -2.11. The number of benzene rings is 2. The standard InChI is InChI=1S/C23H24ClN5OS/c1-14-10-11-15(2)18(12-14)29-20(16-8-6-7-9-17(16)24)26-28-22(29)31-13-19-25-27-21(30-19)23(3,4)5/h6-12H,13H2,1-5H3. The molecule has 2 heterocycles. The number of rotatable bonds is 5. The van der Waals surface area contributed by atoms with Gasteiger partial charge < -0.3 is 4.42 Å². The van der Waals surface area contributed by atoms with E-state index in [1.54, 1.807) is 0 Å². The molecule has 0 bridgehead atoms. The van der Waals surface area contributed by atoms with Crippen molar-refractivity contribution in [1.29, 1.82) is 0 Å². The molecule has 4 aromatic rings. The fourth-order valence-electron chi connectivity index (χ4n) is 3.10. The van der Waals surface area contributed by atoms with Gasteiger partial charge in [0.05, 0.1) is 16.5 Å². The second-order valence-corrected chi connectivity index (χ2v) is 9.80. The number of aromatic nitrogens is 5. The van der Waals surface area contributed by atoms with E-state index in [9.17, 15) is 0 Å². The summed E-state index contributed by atoms with van der Waals surface area (Å²) < 4.78 is 7.90. The van der Waals surface area contributed by atoms with Crippen LogP contribution in [-0.2, 0) is 11.2 Å². The number of nitrogens with zero attached hydrogens (tertiary/aromatic N) is 5. The fourth-order valence-corrected chi connectivity index (χ4v) is 4.10. The van der Waals surface area contributed by atoms with Gasteiger partial charge in [-0.05, 0) is 43.2 Å². The van der Waals surface area contributed by atoms with E-state index in [1.807, 2.05) is 45.0 Å². The molecule has 2 aromatic heterocycles. The third-order valence-electron chi connectivity index (χ3n) is 4.79. The van der Waals surface area contributed by atoms with E-state index >= 15 is 0 Å². The molecule has 0 spiro atoms. The van der Waals surface area contributed by atoms with Crippen LogP contribution in [0.2, 0.25) is 5.02 Å². The van der Waals surface area contributed by atoms with Crippen LogP contribution in [0, 0.1) is 13.8 Å². The van der Waals surface area contributed by atoms with Gasteiger partial charge in [0, 0.05) is 11.0 Å². The van der Waals surface area contributed by atoms with Crippen LogP contribution in [-0.4, -0.2) is 25.0 Å². The van der Waals surface area contributed by atoms with Gasteiger partial charge in [0.1, 0.15) is 0 Å². The Bertz CT molecular complexity index is 1220. The molecule has 0 aliphatic carbocycles. The van der Waals surface area contributed by atoms with Crippen LogP contribution in [0.5, 0.6) is 0 Å². The number of halogens is 1. The highest BCUT2D eigenvalue weighted by molar-refractivity contribution is 7.98. The van der Waals surface area contributed by atoms with Gasteiger partial charge in [0.15, 0.2) is 11.0 Å². The molecule has 0 saturated carbocycles. The second-order valence-electron chi connectivity index (χ2n) is 8.45. The lowest BCUT2D eigenvalue weighted by Gasteiger charge is -2.14. The summed E-state index contributed by atoms with van der Waals surface area (Å²) in [5.74, 6) is 2.37. The lowest BCUT2D eigenvalue weighted by atomic mass is 9.97. The molecule has 0 unspecified atom stereocenters. The van der Waals surface area contributed by atoms with E-state index < -0.39 is 0 Å². The van der Waals surface area contributed by atoms with Crippen LogP contribution in [0.3, 0.4) is 0 Å². The van der Waals surface area contributed by atoms with Gasteiger partial charge in [0.2, 0.25) is 11.8 Å². The van der Waals surface area contributed by atoms with Crippen molar-refractivity contribution in [3.05, 3.63) is 70.4 Å². The zero-order valence-electron chi connectivity index (χ0n) is 18.2. The highest BCUT2D eigenvalue weighted by atomic mass is 35.5. The molecule has 0 aliphatic rings. The first kappa shape index (κ1) is 21.6. The Morgan fingerprint density at radius 3 is 2.48 bits per heavy atom. The zero-order chi connectivity index (χ0) is 22.2. The van der Waals surface area contributed by atoms with Gasteiger partial charge in [-0.3, -0.25) is 4.57 Å². The van der Waals surface area contributed by atoms with Gasteiger partial charge in [-0.25, -0.2) is 0 Å². The van der Waals surface area contributed by atoms with Crippen LogP contribution in [0.15, 0.2) is 52.0 Å². The molecule has 160 valence electrons. The van der Waals surface area contributed by atoms with Crippen molar-refractivity contribution in [2.45, 2.75) is 50.9 Å². The molecule has 0 amide bonds. The molecular weight excluding hydrogens is 430 g/mol. The van der Waals surface area contributed by atoms with Crippen LogP contribution in [0.1, 0.15) is 43.7 Å². The molecule has 8 heteroatoms. The van der Waals surface area contributed by atoms with Gasteiger partial charge in [0.25, 0.3) is 0 Å².